The molecule has 1 rings (SSSR count). The maximum absolute atomic E-state index is 12.7. The lowest BCUT2D eigenvalue weighted by molar-refractivity contribution is -0.137. The third-order valence-electron chi connectivity index (χ3n) is 2.84. The first-order chi connectivity index (χ1) is 9.00. The Hall–Kier alpha value is -0.830. The molecule has 9 heteroatoms. The molecule has 20 heavy (non-hydrogen) atoms. The Morgan fingerprint density at radius 2 is 1.90 bits per heavy atom. The summed E-state index contributed by atoms with van der Waals surface area (Å²) in [5.41, 5.74) is 4.25. The first-order valence-electron chi connectivity index (χ1n) is 5.56. The van der Waals surface area contributed by atoms with Gasteiger partial charge >= 0.3 is 6.18 Å². The van der Waals surface area contributed by atoms with Crippen LogP contribution in [0.4, 0.5) is 13.2 Å². The fraction of sp³-hybridized carbons (Fsp3) is 0.455. The molecule has 0 heterocycles. The molecule has 0 aliphatic rings. The lowest BCUT2D eigenvalue weighted by Crippen LogP contribution is -2.39. The van der Waals surface area contributed by atoms with E-state index in [0.717, 1.165) is 10.4 Å². The normalized spacial score (nSPS) is 14.6. The first kappa shape index (κ1) is 17.2. The van der Waals surface area contributed by atoms with Gasteiger partial charge in [0.05, 0.1) is 10.5 Å². The van der Waals surface area contributed by atoms with Crippen molar-refractivity contribution >= 4 is 21.6 Å². The quantitative estimate of drug-likeness (QED) is 0.921. The van der Waals surface area contributed by atoms with Gasteiger partial charge in [-0.25, -0.2) is 8.42 Å². The van der Waals surface area contributed by atoms with Crippen molar-refractivity contribution in [2.75, 3.05) is 13.6 Å². The van der Waals surface area contributed by atoms with Crippen LogP contribution in [-0.4, -0.2) is 32.4 Å². The van der Waals surface area contributed by atoms with Gasteiger partial charge in [0.15, 0.2) is 0 Å². The fourth-order valence-electron chi connectivity index (χ4n) is 1.43. The number of rotatable bonds is 4. The van der Waals surface area contributed by atoms with Crippen LogP contribution in [0.1, 0.15) is 12.5 Å². The molecule has 1 unspecified atom stereocenters. The topological polar surface area (TPSA) is 63.4 Å². The van der Waals surface area contributed by atoms with Gasteiger partial charge in [0.25, 0.3) is 0 Å². The molecule has 0 aromatic heterocycles. The molecule has 0 amide bonds. The van der Waals surface area contributed by atoms with Gasteiger partial charge in [-0.2, -0.15) is 17.5 Å². The van der Waals surface area contributed by atoms with E-state index in [9.17, 15) is 21.6 Å². The highest BCUT2D eigenvalue weighted by atomic mass is 35.5. The summed E-state index contributed by atoms with van der Waals surface area (Å²) >= 11 is 5.57. The van der Waals surface area contributed by atoms with Crippen LogP contribution in [0.5, 0.6) is 0 Å². The van der Waals surface area contributed by atoms with E-state index < -0.39 is 32.7 Å². The summed E-state index contributed by atoms with van der Waals surface area (Å²) in [6, 6.07) is 1.66. The summed E-state index contributed by atoms with van der Waals surface area (Å²) < 4.78 is 63.4. The van der Waals surface area contributed by atoms with Gasteiger partial charge in [-0.3, -0.25) is 0 Å². The minimum Gasteiger partial charge on any atom is -0.329 e. The van der Waals surface area contributed by atoms with Crippen LogP contribution in [0, 0.1) is 0 Å². The predicted octanol–water partition coefficient (Wildman–Crippen LogP) is 2.33. The second kappa shape index (κ2) is 5.88. The maximum Gasteiger partial charge on any atom is 0.416 e. The zero-order valence-corrected chi connectivity index (χ0v) is 12.4. The Morgan fingerprint density at radius 1 is 1.35 bits per heavy atom. The van der Waals surface area contributed by atoms with Crippen molar-refractivity contribution in [1.82, 2.24) is 4.31 Å². The van der Waals surface area contributed by atoms with Crippen LogP contribution in [-0.2, 0) is 16.2 Å². The molecule has 0 aliphatic carbocycles. The molecule has 0 fully saturated rings. The summed E-state index contributed by atoms with van der Waals surface area (Å²) in [6.07, 6.45) is -4.67. The van der Waals surface area contributed by atoms with E-state index in [1.54, 1.807) is 6.92 Å². The molecule has 0 saturated carbocycles. The number of hydrogen-bond donors (Lipinski definition) is 1. The average Bonchev–Trinajstić information content (AvgIpc) is 2.35. The molecule has 0 aliphatic heterocycles. The summed E-state index contributed by atoms with van der Waals surface area (Å²) in [6.45, 7) is 1.59. The third-order valence-corrected chi connectivity index (χ3v) is 5.01. The minimum absolute atomic E-state index is 0.0441. The molecule has 0 radical (unpaired) electrons. The van der Waals surface area contributed by atoms with Crippen molar-refractivity contribution in [3.05, 3.63) is 28.8 Å². The van der Waals surface area contributed by atoms with Crippen LogP contribution in [0.2, 0.25) is 5.02 Å². The molecule has 1 aromatic carbocycles. The van der Waals surface area contributed by atoms with Crippen molar-refractivity contribution < 1.29 is 21.6 Å². The molecule has 4 nitrogen and oxygen atoms in total. The number of nitrogens with zero attached hydrogens (tertiary/aromatic N) is 1. The van der Waals surface area contributed by atoms with Gasteiger partial charge < -0.3 is 5.73 Å². The number of alkyl halides is 3. The van der Waals surface area contributed by atoms with E-state index in [4.69, 9.17) is 17.3 Å². The highest BCUT2D eigenvalue weighted by Crippen LogP contribution is 2.33. The van der Waals surface area contributed by atoms with Crippen LogP contribution < -0.4 is 5.73 Å². The van der Waals surface area contributed by atoms with E-state index in [2.05, 4.69) is 0 Å². The Labute approximate surface area is 120 Å². The molecule has 1 aromatic rings. The van der Waals surface area contributed by atoms with Crippen molar-refractivity contribution in [3.63, 3.8) is 0 Å². The zero-order valence-electron chi connectivity index (χ0n) is 10.8. The first-order valence-corrected chi connectivity index (χ1v) is 7.38. The van der Waals surface area contributed by atoms with Gasteiger partial charge in [-0.1, -0.05) is 11.6 Å². The number of benzene rings is 1. The van der Waals surface area contributed by atoms with Gasteiger partial charge in [-0.05, 0) is 25.1 Å². The summed E-state index contributed by atoms with van der Waals surface area (Å²) in [5, 5.41) is -0.299. The Bertz CT molecular complexity index is 590. The zero-order chi connectivity index (χ0) is 15.7. The second-order valence-corrected chi connectivity index (χ2v) is 6.71. The number of likely N-dealkylation sites (N-methyl/N-ethyl adjacent to an activating group) is 1. The molecule has 114 valence electrons. The lowest BCUT2D eigenvalue weighted by Gasteiger charge is -2.23. The SMILES string of the molecule is CC(CN)N(C)S(=O)(=O)c1cc(Cl)cc(C(F)(F)F)c1. The van der Waals surface area contributed by atoms with Gasteiger partial charge in [-0.15, -0.1) is 0 Å². The fourth-order valence-corrected chi connectivity index (χ4v) is 3.17. The predicted molar refractivity (Wildman–Crippen MR) is 69.9 cm³/mol. The molecular weight excluding hydrogens is 317 g/mol. The molecule has 2 N–H and O–H groups in total. The summed E-state index contributed by atoms with van der Waals surface area (Å²) in [4.78, 5) is -0.514. The van der Waals surface area contributed by atoms with Gasteiger partial charge in [0.1, 0.15) is 0 Å². The molecule has 0 saturated heterocycles. The average molecular weight is 331 g/mol. The Morgan fingerprint density at radius 3 is 2.35 bits per heavy atom. The number of sulfonamides is 1. The van der Waals surface area contributed by atoms with E-state index >= 15 is 0 Å². The number of nitrogens with two attached hydrogens (primary N) is 1. The Kier molecular flexibility index (Phi) is 5.07. The monoisotopic (exact) mass is 330 g/mol. The summed E-state index contributed by atoms with van der Waals surface area (Å²) in [5.74, 6) is 0. The van der Waals surface area contributed by atoms with E-state index in [-0.39, 0.29) is 11.6 Å². The smallest absolute Gasteiger partial charge is 0.329 e. The molecular formula is C11H14ClF3N2O2S. The van der Waals surface area contributed by atoms with Gasteiger partial charge in [0, 0.05) is 24.7 Å². The standard InChI is InChI=1S/C11H14ClF3N2O2S/c1-7(6-16)17(2)20(18,19)10-4-8(11(13,14)15)3-9(12)5-10/h3-5,7H,6,16H2,1-2H3. The van der Waals surface area contributed by atoms with Crippen molar-refractivity contribution in [2.45, 2.75) is 24.0 Å². The van der Waals surface area contributed by atoms with E-state index in [0.29, 0.717) is 12.1 Å². The van der Waals surface area contributed by atoms with Crippen molar-refractivity contribution in [1.29, 1.82) is 0 Å². The highest BCUT2D eigenvalue weighted by molar-refractivity contribution is 7.89. The largest absolute Gasteiger partial charge is 0.416 e. The van der Waals surface area contributed by atoms with Crippen LogP contribution in [0.3, 0.4) is 0 Å². The number of halogens is 4. The van der Waals surface area contributed by atoms with E-state index in [1.165, 1.54) is 7.05 Å². The van der Waals surface area contributed by atoms with Crippen LogP contribution >= 0.6 is 11.6 Å². The van der Waals surface area contributed by atoms with E-state index in [1.807, 2.05) is 0 Å². The molecule has 0 bridgehead atoms. The molecule has 1 atom stereocenters. The van der Waals surface area contributed by atoms with Gasteiger partial charge in [0.2, 0.25) is 10.0 Å². The van der Waals surface area contributed by atoms with Crippen molar-refractivity contribution in [3.8, 4) is 0 Å². The highest BCUT2D eigenvalue weighted by Gasteiger charge is 2.33. The minimum atomic E-state index is -4.67. The lowest BCUT2D eigenvalue weighted by atomic mass is 10.2. The number of hydrogen-bond acceptors (Lipinski definition) is 3. The third kappa shape index (κ3) is 3.63. The summed E-state index contributed by atoms with van der Waals surface area (Å²) in [7, 11) is -2.84. The van der Waals surface area contributed by atoms with Crippen LogP contribution in [0.15, 0.2) is 23.1 Å². The van der Waals surface area contributed by atoms with Crippen molar-refractivity contribution in [2.24, 2.45) is 5.73 Å². The second-order valence-electron chi connectivity index (χ2n) is 4.28. The maximum atomic E-state index is 12.7. The Balaban J connectivity index is 3.36. The van der Waals surface area contributed by atoms with Crippen LogP contribution in [0.25, 0.3) is 0 Å². The molecule has 0 spiro atoms.